The lowest BCUT2D eigenvalue weighted by atomic mass is 10.3. The van der Waals surface area contributed by atoms with Crippen LogP contribution in [0.1, 0.15) is 25.6 Å². The van der Waals surface area contributed by atoms with Crippen molar-refractivity contribution in [2.24, 2.45) is 0 Å². The number of benzene rings is 1. The van der Waals surface area contributed by atoms with Gasteiger partial charge in [0.25, 0.3) is 0 Å². The van der Waals surface area contributed by atoms with Gasteiger partial charge in [-0.25, -0.2) is 4.98 Å². The van der Waals surface area contributed by atoms with Crippen molar-refractivity contribution in [2.45, 2.75) is 32.7 Å². The highest BCUT2D eigenvalue weighted by Gasteiger charge is 2.09. The zero-order chi connectivity index (χ0) is 15.1. The Hall–Kier alpha value is -1.88. The third kappa shape index (κ3) is 4.04. The van der Waals surface area contributed by atoms with Gasteiger partial charge in [-0.2, -0.15) is 0 Å². The highest BCUT2D eigenvalue weighted by molar-refractivity contribution is 5.76. The Morgan fingerprint density at radius 2 is 2.10 bits per heavy atom. The molecular formula is C16H24N4O. The molecule has 0 spiro atoms. The summed E-state index contributed by atoms with van der Waals surface area (Å²) in [6, 6.07) is 8.15. The van der Waals surface area contributed by atoms with Gasteiger partial charge in [0.05, 0.1) is 11.0 Å². The zero-order valence-electron chi connectivity index (χ0n) is 12.9. The van der Waals surface area contributed by atoms with E-state index in [0.717, 1.165) is 42.8 Å². The van der Waals surface area contributed by atoms with Crippen LogP contribution in [0.3, 0.4) is 0 Å². The molecule has 5 heteroatoms. The maximum Gasteiger partial charge on any atom is 0.220 e. The lowest BCUT2D eigenvalue weighted by Gasteiger charge is -2.07. The molecule has 5 nitrogen and oxygen atoms in total. The van der Waals surface area contributed by atoms with Crippen molar-refractivity contribution in [3.05, 3.63) is 30.1 Å². The number of fused-ring (bicyclic) bond motifs is 1. The third-order valence-corrected chi connectivity index (χ3v) is 3.55. The summed E-state index contributed by atoms with van der Waals surface area (Å²) in [6.45, 7) is 4.53. The van der Waals surface area contributed by atoms with Gasteiger partial charge in [0.2, 0.25) is 5.91 Å². The van der Waals surface area contributed by atoms with E-state index in [-0.39, 0.29) is 5.91 Å². The summed E-state index contributed by atoms with van der Waals surface area (Å²) >= 11 is 0. The quantitative estimate of drug-likeness (QED) is 0.727. The van der Waals surface area contributed by atoms with Crippen LogP contribution in [0.15, 0.2) is 24.3 Å². The van der Waals surface area contributed by atoms with Crippen LogP contribution in [0.4, 0.5) is 0 Å². The molecule has 0 saturated heterocycles. The van der Waals surface area contributed by atoms with Crippen molar-refractivity contribution in [3.63, 3.8) is 0 Å². The highest BCUT2D eigenvalue weighted by Crippen LogP contribution is 2.15. The summed E-state index contributed by atoms with van der Waals surface area (Å²) in [4.78, 5) is 16.3. The highest BCUT2D eigenvalue weighted by atomic mass is 16.1. The number of carbonyl (C=O) groups excluding carboxylic acids is 1. The van der Waals surface area contributed by atoms with E-state index in [1.54, 1.807) is 0 Å². The van der Waals surface area contributed by atoms with Crippen molar-refractivity contribution in [2.75, 3.05) is 20.1 Å². The van der Waals surface area contributed by atoms with Crippen LogP contribution < -0.4 is 10.6 Å². The first-order valence-electron chi connectivity index (χ1n) is 7.61. The molecule has 2 N–H and O–H groups in total. The molecule has 0 radical (unpaired) electrons. The molecule has 1 heterocycles. The summed E-state index contributed by atoms with van der Waals surface area (Å²) in [5, 5.41) is 6.01. The minimum absolute atomic E-state index is 0.115. The van der Waals surface area contributed by atoms with Gasteiger partial charge in [-0.05, 0) is 39.1 Å². The van der Waals surface area contributed by atoms with Crippen molar-refractivity contribution < 1.29 is 4.79 Å². The monoisotopic (exact) mass is 288 g/mol. The standard InChI is InChI=1S/C16H24N4O/c1-3-20-14-8-5-4-7-13(14)19-15(20)10-12-18-16(21)9-6-11-17-2/h4-5,7-8,17H,3,6,9-12H2,1-2H3,(H,18,21). The largest absolute Gasteiger partial charge is 0.356 e. The molecule has 0 aliphatic heterocycles. The minimum Gasteiger partial charge on any atom is -0.356 e. The number of nitrogens with one attached hydrogen (secondary N) is 2. The summed E-state index contributed by atoms with van der Waals surface area (Å²) in [5.41, 5.74) is 2.19. The number of amides is 1. The van der Waals surface area contributed by atoms with E-state index < -0.39 is 0 Å². The van der Waals surface area contributed by atoms with Crippen LogP contribution in [0.5, 0.6) is 0 Å². The van der Waals surface area contributed by atoms with Crippen LogP contribution in [-0.2, 0) is 17.8 Å². The van der Waals surface area contributed by atoms with E-state index >= 15 is 0 Å². The maximum absolute atomic E-state index is 11.7. The molecule has 0 fully saturated rings. The van der Waals surface area contributed by atoms with Crippen molar-refractivity contribution in [1.29, 1.82) is 0 Å². The molecule has 21 heavy (non-hydrogen) atoms. The van der Waals surface area contributed by atoms with E-state index in [4.69, 9.17) is 0 Å². The van der Waals surface area contributed by atoms with Crippen LogP contribution in [0.2, 0.25) is 0 Å². The van der Waals surface area contributed by atoms with Crippen LogP contribution in [0, 0.1) is 0 Å². The summed E-state index contributed by atoms with van der Waals surface area (Å²) in [6.07, 6.45) is 2.21. The molecule has 0 atom stereocenters. The molecule has 0 saturated carbocycles. The van der Waals surface area contributed by atoms with E-state index in [2.05, 4.69) is 33.2 Å². The number of imidazole rings is 1. The van der Waals surface area contributed by atoms with Gasteiger partial charge in [0.15, 0.2) is 0 Å². The summed E-state index contributed by atoms with van der Waals surface area (Å²) in [5.74, 6) is 1.15. The molecule has 1 aromatic carbocycles. The first-order chi connectivity index (χ1) is 10.3. The van der Waals surface area contributed by atoms with Crippen LogP contribution >= 0.6 is 0 Å². The van der Waals surface area contributed by atoms with Gasteiger partial charge in [0, 0.05) is 25.9 Å². The number of hydrogen-bond donors (Lipinski definition) is 2. The van der Waals surface area contributed by atoms with E-state index in [0.29, 0.717) is 13.0 Å². The molecule has 114 valence electrons. The van der Waals surface area contributed by atoms with Crippen LogP contribution in [-0.4, -0.2) is 35.6 Å². The number of aromatic nitrogens is 2. The van der Waals surface area contributed by atoms with Crippen molar-refractivity contribution in [3.8, 4) is 0 Å². The average molecular weight is 288 g/mol. The minimum atomic E-state index is 0.115. The van der Waals surface area contributed by atoms with Crippen LogP contribution in [0.25, 0.3) is 11.0 Å². The first-order valence-corrected chi connectivity index (χ1v) is 7.61. The van der Waals surface area contributed by atoms with Gasteiger partial charge < -0.3 is 15.2 Å². The van der Waals surface area contributed by atoms with Crippen molar-refractivity contribution in [1.82, 2.24) is 20.2 Å². The Morgan fingerprint density at radius 3 is 2.86 bits per heavy atom. The number of aryl methyl sites for hydroxylation is 1. The summed E-state index contributed by atoms with van der Waals surface area (Å²) in [7, 11) is 1.90. The normalized spacial score (nSPS) is 11.0. The maximum atomic E-state index is 11.7. The predicted molar refractivity (Wildman–Crippen MR) is 85.3 cm³/mol. The lowest BCUT2D eigenvalue weighted by molar-refractivity contribution is -0.121. The average Bonchev–Trinajstić information content (AvgIpc) is 2.85. The van der Waals surface area contributed by atoms with Gasteiger partial charge >= 0.3 is 0 Å². The molecular weight excluding hydrogens is 264 g/mol. The van der Waals surface area contributed by atoms with E-state index in [9.17, 15) is 4.79 Å². The Balaban J connectivity index is 1.90. The second kappa shape index (κ2) is 7.78. The fourth-order valence-corrected chi connectivity index (χ4v) is 2.50. The number of nitrogens with zero attached hydrogens (tertiary/aromatic N) is 2. The smallest absolute Gasteiger partial charge is 0.220 e. The second-order valence-electron chi connectivity index (χ2n) is 5.07. The number of para-hydroxylation sites is 2. The number of carbonyl (C=O) groups is 1. The Kier molecular flexibility index (Phi) is 5.75. The SMILES string of the molecule is CCn1c(CCNC(=O)CCCNC)nc2ccccc21. The van der Waals surface area contributed by atoms with Gasteiger partial charge in [-0.1, -0.05) is 12.1 Å². The third-order valence-electron chi connectivity index (χ3n) is 3.55. The molecule has 1 amide bonds. The fourth-order valence-electron chi connectivity index (χ4n) is 2.50. The topological polar surface area (TPSA) is 59.0 Å². The van der Waals surface area contributed by atoms with Gasteiger partial charge in [-0.3, -0.25) is 4.79 Å². The zero-order valence-corrected chi connectivity index (χ0v) is 12.9. The number of rotatable bonds is 8. The van der Waals surface area contributed by atoms with E-state index in [1.165, 1.54) is 0 Å². The Labute approximate surface area is 125 Å². The van der Waals surface area contributed by atoms with Gasteiger partial charge in [0.1, 0.15) is 5.82 Å². The lowest BCUT2D eigenvalue weighted by Crippen LogP contribution is -2.27. The Morgan fingerprint density at radius 1 is 1.29 bits per heavy atom. The number of hydrogen-bond acceptors (Lipinski definition) is 3. The van der Waals surface area contributed by atoms with E-state index in [1.807, 2.05) is 25.2 Å². The molecule has 1 aromatic heterocycles. The molecule has 2 rings (SSSR count). The fraction of sp³-hybridized carbons (Fsp3) is 0.500. The molecule has 0 aliphatic rings. The summed E-state index contributed by atoms with van der Waals surface area (Å²) < 4.78 is 2.21. The Bertz CT molecular complexity index is 591. The van der Waals surface area contributed by atoms with Crippen molar-refractivity contribution >= 4 is 16.9 Å². The predicted octanol–water partition coefficient (Wildman–Crippen LogP) is 1.71. The second-order valence-corrected chi connectivity index (χ2v) is 5.07. The first kappa shape index (κ1) is 15.5. The van der Waals surface area contributed by atoms with Gasteiger partial charge in [-0.15, -0.1) is 0 Å². The molecule has 0 aliphatic carbocycles. The molecule has 0 unspecified atom stereocenters. The molecule has 2 aromatic rings. The molecule has 0 bridgehead atoms.